The quantitative estimate of drug-likeness (QED) is 0.588. The fourth-order valence-corrected chi connectivity index (χ4v) is 1.30. The Kier molecular flexibility index (Phi) is 2.94. The molecule has 3 heteroatoms. The lowest BCUT2D eigenvalue weighted by Gasteiger charge is -2.12. The van der Waals surface area contributed by atoms with Gasteiger partial charge in [0.05, 0.1) is 7.11 Å². The zero-order chi connectivity index (χ0) is 8.27. The molecule has 0 aromatic heterocycles. The van der Waals surface area contributed by atoms with Crippen LogP contribution in [-0.2, 0) is 4.74 Å². The van der Waals surface area contributed by atoms with E-state index in [2.05, 4.69) is 0 Å². The van der Waals surface area contributed by atoms with Crippen LogP contribution in [0.1, 0.15) is 12.8 Å². The number of alkyl halides is 1. The smallest absolute Gasteiger partial charge is 0.165 e. The Hall–Kier alpha value is -0.500. The largest absolute Gasteiger partial charge is 0.494 e. The molecule has 0 amide bonds. The van der Waals surface area contributed by atoms with E-state index in [4.69, 9.17) is 16.3 Å². The summed E-state index contributed by atoms with van der Waals surface area (Å²) < 4.78 is 17.9. The van der Waals surface area contributed by atoms with Gasteiger partial charge in [0, 0.05) is 5.88 Å². The second-order valence-electron chi connectivity index (χ2n) is 2.36. The molecule has 0 radical (unpaired) electrons. The third kappa shape index (κ3) is 1.74. The van der Waals surface area contributed by atoms with Crippen molar-refractivity contribution in [3.05, 3.63) is 23.2 Å². The van der Waals surface area contributed by atoms with E-state index in [0.29, 0.717) is 17.8 Å². The molecule has 0 aromatic carbocycles. The zero-order valence-corrected chi connectivity index (χ0v) is 7.12. The molecule has 0 spiro atoms. The van der Waals surface area contributed by atoms with Crippen LogP contribution >= 0.6 is 11.6 Å². The number of rotatable bonds is 2. The summed E-state index contributed by atoms with van der Waals surface area (Å²) in [5, 5.41) is 0. The van der Waals surface area contributed by atoms with Crippen molar-refractivity contribution in [2.45, 2.75) is 12.8 Å². The maximum atomic E-state index is 13.1. The van der Waals surface area contributed by atoms with Crippen LogP contribution < -0.4 is 0 Å². The Morgan fingerprint density at radius 1 is 1.73 bits per heavy atom. The molecule has 0 fully saturated rings. The second kappa shape index (κ2) is 3.77. The van der Waals surface area contributed by atoms with Crippen LogP contribution in [-0.4, -0.2) is 13.0 Å². The van der Waals surface area contributed by atoms with E-state index in [0.717, 1.165) is 6.42 Å². The minimum absolute atomic E-state index is 0.256. The molecule has 0 atom stereocenters. The predicted octanol–water partition coefficient (Wildman–Crippen LogP) is 2.77. The highest BCUT2D eigenvalue weighted by Gasteiger charge is 2.15. The van der Waals surface area contributed by atoms with Crippen LogP contribution in [0.2, 0.25) is 0 Å². The Balaban J connectivity index is 2.83. The van der Waals surface area contributed by atoms with E-state index >= 15 is 0 Å². The summed E-state index contributed by atoms with van der Waals surface area (Å²) in [6.07, 6.45) is 3.27. The second-order valence-corrected chi connectivity index (χ2v) is 2.63. The van der Waals surface area contributed by atoms with Crippen LogP contribution in [0.3, 0.4) is 0 Å². The molecule has 0 N–H and O–H groups in total. The summed E-state index contributed by atoms with van der Waals surface area (Å²) in [5.74, 6) is 0.299. The topological polar surface area (TPSA) is 9.23 Å². The Morgan fingerprint density at radius 3 is 3.00 bits per heavy atom. The van der Waals surface area contributed by atoms with Crippen molar-refractivity contribution < 1.29 is 9.13 Å². The minimum atomic E-state index is -0.284. The highest BCUT2D eigenvalue weighted by molar-refractivity contribution is 6.19. The van der Waals surface area contributed by atoms with Gasteiger partial charge in [0.25, 0.3) is 0 Å². The van der Waals surface area contributed by atoms with E-state index in [1.807, 2.05) is 0 Å². The third-order valence-corrected chi connectivity index (χ3v) is 2.01. The van der Waals surface area contributed by atoms with E-state index < -0.39 is 0 Å². The molecule has 0 saturated heterocycles. The van der Waals surface area contributed by atoms with Gasteiger partial charge in [-0.25, -0.2) is 4.39 Å². The van der Waals surface area contributed by atoms with E-state index in [1.54, 1.807) is 6.08 Å². The van der Waals surface area contributed by atoms with E-state index in [-0.39, 0.29) is 11.7 Å². The minimum Gasteiger partial charge on any atom is -0.494 e. The summed E-state index contributed by atoms with van der Waals surface area (Å²) in [5.41, 5.74) is 0.644. The molecule has 0 saturated carbocycles. The van der Waals surface area contributed by atoms with Crippen molar-refractivity contribution in [2.24, 2.45) is 0 Å². The molecule has 1 aliphatic carbocycles. The number of hydrogen-bond donors (Lipinski definition) is 0. The maximum absolute atomic E-state index is 13.1. The van der Waals surface area contributed by atoms with Gasteiger partial charge in [-0.15, -0.1) is 11.6 Å². The van der Waals surface area contributed by atoms with Crippen LogP contribution in [0.5, 0.6) is 0 Å². The Labute approximate surface area is 70.5 Å². The maximum Gasteiger partial charge on any atom is 0.165 e. The number of ether oxygens (including phenoxy) is 1. The van der Waals surface area contributed by atoms with Gasteiger partial charge >= 0.3 is 0 Å². The summed E-state index contributed by atoms with van der Waals surface area (Å²) in [6.45, 7) is 0. The van der Waals surface area contributed by atoms with Gasteiger partial charge in [-0.2, -0.15) is 0 Å². The van der Waals surface area contributed by atoms with Crippen LogP contribution in [0.25, 0.3) is 0 Å². The van der Waals surface area contributed by atoms with Crippen molar-refractivity contribution in [1.29, 1.82) is 0 Å². The van der Waals surface area contributed by atoms with Crippen LogP contribution in [0.4, 0.5) is 4.39 Å². The first-order valence-electron chi connectivity index (χ1n) is 3.47. The number of methoxy groups -OCH3 is 1. The first-order valence-corrected chi connectivity index (χ1v) is 4.01. The van der Waals surface area contributed by atoms with Gasteiger partial charge in [0.1, 0.15) is 0 Å². The number of hydrogen-bond acceptors (Lipinski definition) is 1. The van der Waals surface area contributed by atoms with E-state index in [1.165, 1.54) is 7.11 Å². The van der Waals surface area contributed by atoms with Crippen molar-refractivity contribution in [2.75, 3.05) is 13.0 Å². The average Bonchev–Trinajstić information content (AvgIpc) is 2.05. The highest BCUT2D eigenvalue weighted by Crippen LogP contribution is 2.27. The lowest BCUT2D eigenvalue weighted by Crippen LogP contribution is -2.00. The average molecular weight is 177 g/mol. The molecular formula is C8H10ClFO. The fraction of sp³-hybridized carbons (Fsp3) is 0.500. The Morgan fingerprint density at radius 2 is 2.45 bits per heavy atom. The fourth-order valence-electron chi connectivity index (χ4n) is 1.05. The normalized spacial score (nSPS) is 18.3. The molecule has 0 aliphatic heterocycles. The van der Waals surface area contributed by atoms with Crippen molar-refractivity contribution >= 4 is 11.6 Å². The standard InChI is InChI=1S/C8H10ClFO/c1-11-7-4-2-3-6(5-9)8(7)10/h4H,2-3,5H2,1H3. The van der Waals surface area contributed by atoms with Crippen LogP contribution in [0, 0.1) is 0 Å². The number of halogens is 2. The molecule has 11 heavy (non-hydrogen) atoms. The van der Waals surface area contributed by atoms with Gasteiger partial charge in [-0.1, -0.05) is 0 Å². The molecule has 1 aliphatic rings. The lowest BCUT2D eigenvalue weighted by molar-refractivity contribution is 0.277. The number of allylic oxidation sites excluding steroid dienone is 3. The van der Waals surface area contributed by atoms with Crippen molar-refractivity contribution in [3.63, 3.8) is 0 Å². The zero-order valence-electron chi connectivity index (χ0n) is 6.36. The Bertz CT molecular complexity index is 208. The summed E-state index contributed by atoms with van der Waals surface area (Å²) in [4.78, 5) is 0. The predicted molar refractivity (Wildman–Crippen MR) is 43.2 cm³/mol. The molecule has 1 rings (SSSR count). The summed E-state index contributed by atoms with van der Waals surface area (Å²) in [6, 6.07) is 0. The van der Waals surface area contributed by atoms with Gasteiger partial charge in [-0.3, -0.25) is 0 Å². The summed E-state index contributed by atoms with van der Waals surface area (Å²) >= 11 is 5.52. The van der Waals surface area contributed by atoms with Crippen molar-refractivity contribution in [1.82, 2.24) is 0 Å². The van der Waals surface area contributed by atoms with Gasteiger partial charge in [0.15, 0.2) is 11.6 Å². The molecule has 0 heterocycles. The third-order valence-electron chi connectivity index (χ3n) is 1.68. The first kappa shape index (κ1) is 8.60. The molecule has 0 aromatic rings. The first-order chi connectivity index (χ1) is 5.29. The highest BCUT2D eigenvalue weighted by atomic mass is 35.5. The van der Waals surface area contributed by atoms with Gasteiger partial charge in [-0.05, 0) is 24.5 Å². The molecule has 1 nitrogen and oxygen atoms in total. The molecule has 0 bridgehead atoms. The lowest BCUT2D eigenvalue weighted by atomic mass is 10.0. The van der Waals surface area contributed by atoms with E-state index in [9.17, 15) is 4.39 Å². The molecule has 0 unspecified atom stereocenters. The molecule has 62 valence electrons. The van der Waals surface area contributed by atoms with Crippen molar-refractivity contribution in [3.8, 4) is 0 Å². The SMILES string of the molecule is COC1=CCCC(CCl)=C1F. The van der Waals surface area contributed by atoms with Crippen LogP contribution in [0.15, 0.2) is 23.2 Å². The van der Waals surface area contributed by atoms with Gasteiger partial charge < -0.3 is 4.74 Å². The van der Waals surface area contributed by atoms with Gasteiger partial charge in [0.2, 0.25) is 0 Å². The summed E-state index contributed by atoms with van der Waals surface area (Å²) in [7, 11) is 1.46. The monoisotopic (exact) mass is 176 g/mol. The molecular weight excluding hydrogens is 167 g/mol.